The van der Waals surface area contributed by atoms with Crippen molar-refractivity contribution < 1.29 is 28.6 Å². The predicted molar refractivity (Wildman–Crippen MR) is 96.8 cm³/mol. The Morgan fingerprint density at radius 3 is 2.56 bits per heavy atom. The summed E-state index contributed by atoms with van der Waals surface area (Å²) < 4.78 is 15.4. The summed E-state index contributed by atoms with van der Waals surface area (Å²) in [5, 5.41) is 5.20. The van der Waals surface area contributed by atoms with Crippen molar-refractivity contribution in [2.24, 2.45) is 0 Å². The van der Waals surface area contributed by atoms with E-state index < -0.39 is 24.0 Å². The van der Waals surface area contributed by atoms with Gasteiger partial charge in [-0.3, -0.25) is 0 Å². The van der Waals surface area contributed by atoms with E-state index in [4.69, 9.17) is 14.2 Å². The lowest BCUT2D eigenvalue weighted by atomic mass is 10.0. The average Bonchev–Trinajstić information content (AvgIpc) is 2.66. The molecular weight excluding hydrogens is 352 g/mol. The van der Waals surface area contributed by atoms with Crippen molar-refractivity contribution in [2.75, 3.05) is 20.3 Å². The Bertz CT molecular complexity index is 743. The molecule has 1 heterocycles. The molecule has 0 aromatic heterocycles. The van der Waals surface area contributed by atoms with Crippen LogP contribution < -0.4 is 10.6 Å². The third kappa shape index (κ3) is 5.30. The quantitative estimate of drug-likeness (QED) is 0.672. The van der Waals surface area contributed by atoms with Crippen LogP contribution in [0.4, 0.5) is 4.79 Å². The molecule has 1 aliphatic heterocycles. The second-order valence-corrected chi connectivity index (χ2v) is 5.88. The highest BCUT2D eigenvalue weighted by Crippen LogP contribution is 2.18. The second-order valence-electron chi connectivity index (χ2n) is 5.88. The topological polar surface area (TPSA) is 103 Å². The Balaban J connectivity index is 2.18. The van der Waals surface area contributed by atoms with Crippen LogP contribution >= 0.6 is 0 Å². The molecule has 27 heavy (non-hydrogen) atoms. The van der Waals surface area contributed by atoms with Gasteiger partial charge in [0.15, 0.2) is 0 Å². The fourth-order valence-electron chi connectivity index (χ4n) is 2.75. The first-order chi connectivity index (χ1) is 13.0. The molecule has 0 radical (unpaired) electrons. The second kappa shape index (κ2) is 9.72. The van der Waals surface area contributed by atoms with Gasteiger partial charge in [0.2, 0.25) is 0 Å². The zero-order valence-corrected chi connectivity index (χ0v) is 15.7. The fraction of sp³-hybridized carbons (Fsp3) is 0.421. The number of carbonyl (C=O) groups is 3. The number of hydrogen-bond donors (Lipinski definition) is 2. The molecule has 1 aromatic rings. The molecule has 146 valence electrons. The molecule has 0 unspecified atom stereocenters. The van der Waals surface area contributed by atoms with Crippen LogP contribution in [0, 0.1) is 0 Å². The highest BCUT2D eigenvalue weighted by molar-refractivity contribution is 5.95. The van der Waals surface area contributed by atoms with Crippen molar-refractivity contribution in [3.8, 4) is 0 Å². The number of benzene rings is 1. The van der Waals surface area contributed by atoms with Crippen LogP contribution in [0.3, 0.4) is 0 Å². The van der Waals surface area contributed by atoms with Crippen molar-refractivity contribution in [3.63, 3.8) is 0 Å². The third-order valence-electron chi connectivity index (χ3n) is 3.97. The molecular formula is C19H24N2O6. The van der Waals surface area contributed by atoms with E-state index in [0.29, 0.717) is 18.6 Å². The first-order valence-corrected chi connectivity index (χ1v) is 8.72. The monoisotopic (exact) mass is 376 g/mol. The molecule has 0 fully saturated rings. The lowest BCUT2D eigenvalue weighted by Crippen LogP contribution is -2.51. The van der Waals surface area contributed by atoms with Crippen molar-refractivity contribution in [3.05, 3.63) is 46.7 Å². The van der Waals surface area contributed by atoms with E-state index in [2.05, 4.69) is 10.6 Å². The van der Waals surface area contributed by atoms with Gasteiger partial charge in [0.05, 0.1) is 36.1 Å². The van der Waals surface area contributed by atoms with E-state index >= 15 is 0 Å². The van der Waals surface area contributed by atoms with Gasteiger partial charge in [0.1, 0.15) is 6.61 Å². The van der Waals surface area contributed by atoms with Gasteiger partial charge < -0.3 is 24.8 Å². The Kier molecular flexibility index (Phi) is 7.36. The molecule has 2 rings (SSSR count). The van der Waals surface area contributed by atoms with Gasteiger partial charge in [0, 0.05) is 7.11 Å². The minimum absolute atomic E-state index is 0.200. The molecule has 2 N–H and O–H groups in total. The number of hydrogen-bond acceptors (Lipinski definition) is 6. The molecule has 0 aliphatic carbocycles. The van der Waals surface area contributed by atoms with E-state index in [0.717, 1.165) is 5.56 Å². The third-order valence-corrected chi connectivity index (χ3v) is 3.97. The normalized spacial score (nSPS) is 16.4. The Hall–Kier alpha value is -2.87. The zero-order valence-electron chi connectivity index (χ0n) is 15.7. The van der Waals surface area contributed by atoms with E-state index in [-0.39, 0.29) is 24.5 Å². The molecule has 0 bridgehead atoms. The number of urea groups is 1. The van der Waals surface area contributed by atoms with Crippen LogP contribution in [0.25, 0.3) is 0 Å². The zero-order chi connectivity index (χ0) is 19.8. The molecule has 1 aromatic carbocycles. The van der Waals surface area contributed by atoms with E-state index in [1.165, 1.54) is 0 Å². The Morgan fingerprint density at radius 2 is 1.89 bits per heavy atom. The van der Waals surface area contributed by atoms with Crippen molar-refractivity contribution >= 4 is 18.0 Å². The molecule has 0 saturated carbocycles. The lowest BCUT2D eigenvalue weighted by molar-refractivity contribution is -0.139. The molecule has 0 spiro atoms. The molecule has 1 aliphatic rings. The summed E-state index contributed by atoms with van der Waals surface area (Å²) in [7, 11) is 1.57. The van der Waals surface area contributed by atoms with Gasteiger partial charge in [-0.2, -0.15) is 0 Å². The largest absolute Gasteiger partial charge is 0.463 e. The Morgan fingerprint density at radius 1 is 1.11 bits per heavy atom. The summed E-state index contributed by atoms with van der Waals surface area (Å²) >= 11 is 0. The van der Waals surface area contributed by atoms with Crippen LogP contribution in [-0.4, -0.2) is 44.3 Å². The first kappa shape index (κ1) is 20.4. The van der Waals surface area contributed by atoms with Gasteiger partial charge in [-0.25, -0.2) is 14.4 Å². The summed E-state index contributed by atoms with van der Waals surface area (Å²) in [5.41, 5.74) is 1.68. The average molecular weight is 376 g/mol. The van der Waals surface area contributed by atoms with Crippen molar-refractivity contribution in [1.82, 2.24) is 10.6 Å². The van der Waals surface area contributed by atoms with Crippen molar-refractivity contribution in [2.45, 2.75) is 32.9 Å². The molecule has 0 saturated heterocycles. The maximum absolute atomic E-state index is 12.3. The van der Waals surface area contributed by atoms with Gasteiger partial charge in [-0.1, -0.05) is 19.1 Å². The Labute approximate surface area is 157 Å². The van der Waals surface area contributed by atoms with Crippen molar-refractivity contribution in [1.29, 1.82) is 0 Å². The van der Waals surface area contributed by atoms with Crippen LogP contribution in [-0.2, 0) is 25.6 Å². The van der Waals surface area contributed by atoms with E-state index in [1.807, 2.05) is 13.0 Å². The number of esters is 2. The minimum Gasteiger partial charge on any atom is -0.463 e. The molecule has 2 amide bonds. The van der Waals surface area contributed by atoms with Gasteiger partial charge in [-0.05, 0) is 31.0 Å². The minimum atomic E-state index is -0.565. The number of ether oxygens (including phenoxy) is 3. The molecule has 1 atom stereocenters. The smallest absolute Gasteiger partial charge is 0.338 e. The van der Waals surface area contributed by atoms with Crippen LogP contribution in [0.2, 0.25) is 0 Å². The highest BCUT2D eigenvalue weighted by Gasteiger charge is 2.32. The van der Waals surface area contributed by atoms with Gasteiger partial charge >= 0.3 is 18.0 Å². The lowest BCUT2D eigenvalue weighted by Gasteiger charge is -2.28. The summed E-state index contributed by atoms with van der Waals surface area (Å²) in [6.45, 7) is 3.86. The summed E-state index contributed by atoms with van der Waals surface area (Å²) in [4.78, 5) is 36.5. The number of carbonyl (C=O) groups excluding carboxylic acids is 3. The fourth-order valence-corrected chi connectivity index (χ4v) is 2.75. The van der Waals surface area contributed by atoms with E-state index in [9.17, 15) is 14.4 Å². The summed E-state index contributed by atoms with van der Waals surface area (Å²) in [6.07, 6.45) is 0.498. The standard InChI is InChI=1S/C19H24N2O6/c1-4-14-16(18(23)26-5-2)15(21-19(24)20-14)11-27-17(22)13-8-6-7-12(9-13)10-25-3/h6-9,14H,4-5,10-11H2,1-3H3,(H2,20,21,24)/t14-/m1/s1. The van der Waals surface area contributed by atoms with Gasteiger partial charge in [-0.15, -0.1) is 0 Å². The predicted octanol–water partition coefficient (Wildman–Crippen LogP) is 1.90. The van der Waals surface area contributed by atoms with E-state index in [1.54, 1.807) is 32.2 Å². The maximum Gasteiger partial charge on any atom is 0.338 e. The number of nitrogens with one attached hydrogen (secondary N) is 2. The van der Waals surface area contributed by atoms with Crippen LogP contribution in [0.5, 0.6) is 0 Å². The highest BCUT2D eigenvalue weighted by atomic mass is 16.5. The number of methoxy groups -OCH3 is 1. The molecule has 8 heteroatoms. The number of amides is 2. The summed E-state index contributed by atoms with van der Waals surface area (Å²) in [5.74, 6) is -1.12. The maximum atomic E-state index is 12.3. The first-order valence-electron chi connectivity index (χ1n) is 8.72. The number of rotatable bonds is 8. The van der Waals surface area contributed by atoms with Gasteiger partial charge in [0.25, 0.3) is 0 Å². The van der Waals surface area contributed by atoms with Crippen LogP contribution in [0.15, 0.2) is 35.5 Å². The summed E-state index contributed by atoms with van der Waals surface area (Å²) in [6, 6.07) is 5.90. The SMILES string of the molecule is CCOC(=O)C1=C(COC(=O)c2cccc(COC)c2)NC(=O)N[C@@H]1CC. The van der Waals surface area contributed by atoms with Crippen LogP contribution in [0.1, 0.15) is 36.2 Å². The molecule has 8 nitrogen and oxygen atoms in total.